The van der Waals surface area contributed by atoms with Crippen LogP contribution in [0.15, 0.2) is 34.2 Å². The lowest BCUT2D eigenvalue weighted by atomic mass is 9.96. The Morgan fingerprint density at radius 3 is 2.81 bits per heavy atom. The number of aromatic nitrogens is 2. The van der Waals surface area contributed by atoms with Crippen molar-refractivity contribution in [3.05, 3.63) is 50.6 Å². The van der Waals surface area contributed by atoms with Crippen molar-refractivity contribution in [2.75, 3.05) is 6.26 Å². The first-order chi connectivity index (χ1) is 12.5. The van der Waals surface area contributed by atoms with E-state index in [0.29, 0.717) is 12.5 Å². The molecule has 0 amide bonds. The van der Waals surface area contributed by atoms with Crippen molar-refractivity contribution in [1.82, 2.24) is 9.55 Å². The van der Waals surface area contributed by atoms with E-state index in [-0.39, 0.29) is 11.7 Å². The largest absolute Gasteiger partial charge is 0.372 e. The maximum absolute atomic E-state index is 13.5. The summed E-state index contributed by atoms with van der Waals surface area (Å²) in [7, 11) is 0. The molecule has 0 spiro atoms. The van der Waals surface area contributed by atoms with Crippen LogP contribution in [0.4, 0.5) is 0 Å². The highest BCUT2D eigenvalue weighted by molar-refractivity contribution is 7.98. The number of aryl methyl sites for hydroxylation is 1. The number of para-hydroxylation sites is 1. The lowest BCUT2D eigenvalue weighted by Gasteiger charge is -2.26. The molecule has 3 heterocycles. The minimum atomic E-state index is 0.0376. The second-order valence-corrected chi connectivity index (χ2v) is 8.86. The molecule has 0 radical (unpaired) electrons. The van der Waals surface area contributed by atoms with Crippen molar-refractivity contribution in [3.8, 4) is 5.69 Å². The molecular formula is C20H22N2O2S2. The van der Waals surface area contributed by atoms with Gasteiger partial charge in [0.05, 0.1) is 23.8 Å². The second-order valence-electron chi connectivity index (χ2n) is 7.01. The normalized spacial score (nSPS) is 17.0. The molecule has 6 heteroatoms. The number of thiophene rings is 1. The van der Waals surface area contributed by atoms with Gasteiger partial charge in [-0.25, -0.2) is 4.98 Å². The predicted octanol–water partition coefficient (Wildman–Crippen LogP) is 4.57. The Labute approximate surface area is 161 Å². The number of nitrogens with zero attached hydrogens (tertiary/aromatic N) is 2. The number of fused-ring (bicyclic) bond motifs is 3. The molecular weight excluding hydrogens is 364 g/mol. The summed E-state index contributed by atoms with van der Waals surface area (Å²) in [5.74, 6) is 0.426. The number of ether oxygens (including phenoxy) is 1. The third-order valence-corrected chi connectivity index (χ3v) is 6.73. The SMILES string of the molecule is CSc1nc2sc3c(c2c(=O)n1-c1ccccc1C)C[C@@H](C(C)C)OC3. The lowest BCUT2D eigenvalue weighted by molar-refractivity contribution is 0.00200. The van der Waals surface area contributed by atoms with E-state index in [9.17, 15) is 4.79 Å². The molecule has 0 saturated heterocycles. The minimum Gasteiger partial charge on any atom is -0.372 e. The van der Waals surface area contributed by atoms with Gasteiger partial charge in [-0.2, -0.15) is 0 Å². The fourth-order valence-electron chi connectivity index (χ4n) is 3.50. The van der Waals surface area contributed by atoms with E-state index in [1.807, 2.05) is 37.4 Å². The first-order valence-electron chi connectivity index (χ1n) is 8.80. The summed E-state index contributed by atoms with van der Waals surface area (Å²) >= 11 is 3.11. The molecule has 0 fully saturated rings. The highest BCUT2D eigenvalue weighted by atomic mass is 32.2. The van der Waals surface area contributed by atoms with Crippen LogP contribution in [0.25, 0.3) is 15.9 Å². The van der Waals surface area contributed by atoms with Gasteiger partial charge in [0, 0.05) is 11.3 Å². The van der Waals surface area contributed by atoms with Gasteiger partial charge in [-0.3, -0.25) is 9.36 Å². The van der Waals surface area contributed by atoms with Gasteiger partial charge in [0.25, 0.3) is 5.56 Å². The maximum atomic E-state index is 13.5. The van der Waals surface area contributed by atoms with Gasteiger partial charge in [-0.1, -0.05) is 43.8 Å². The quantitative estimate of drug-likeness (QED) is 0.488. The molecule has 2 aromatic heterocycles. The Balaban J connectivity index is 2.00. The molecule has 0 aliphatic carbocycles. The smallest absolute Gasteiger partial charge is 0.267 e. The van der Waals surface area contributed by atoms with Crippen molar-refractivity contribution >= 4 is 33.3 Å². The number of benzene rings is 1. The molecule has 0 unspecified atom stereocenters. The van der Waals surface area contributed by atoms with Crippen LogP contribution in [0.2, 0.25) is 0 Å². The molecule has 1 atom stereocenters. The van der Waals surface area contributed by atoms with Crippen molar-refractivity contribution in [2.24, 2.45) is 5.92 Å². The van der Waals surface area contributed by atoms with E-state index in [4.69, 9.17) is 9.72 Å². The fourth-order valence-corrected chi connectivity index (χ4v) is 5.22. The fraction of sp³-hybridized carbons (Fsp3) is 0.400. The van der Waals surface area contributed by atoms with Gasteiger partial charge in [0.15, 0.2) is 5.16 Å². The molecule has 4 rings (SSSR count). The molecule has 0 bridgehead atoms. The van der Waals surface area contributed by atoms with Crippen LogP contribution >= 0.6 is 23.1 Å². The van der Waals surface area contributed by atoms with Crippen LogP contribution in [-0.4, -0.2) is 21.9 Å². The van der Waals surface area contributed by atoms with Crippen LogP contribution in [0, 0.1) is 12.8 Å². The minimum absolute atomic E-state index is 0.0376. The molecule has 0 N–H and O–H groups in total. The molecule has 1 aromatic carbocycles. The van der Waals surface area contributed by atoms with Crippen LogP contribution < -0.4 is 5.56 Å². The number of hydrogen-bond acceptors (Lipinski definition) is 5. The van der Waals surface area contributed by atoms with Crippen molar-refractivity contribution < 1.29 is 4.74 Å². The summed E-state index contributed by atoms with van der Waals surface area (Å²) in [5.41, 5.74) is 3.15. The summed E-state index contributed by atoms with van der Waals surface area (Å²) in [6.07, 6.45) is 2.91. The number of rotatable bonds is 3. The van der Waals surface area contributed by atoms with E-state index in [1.165, 1.54) is 11.8 Å². The van der Waals surface area contributed by atoms with Crippen molar-refractivity contribution in [3.63, 3.8) is 0 Å². The van der Waals surface area contributed by atoms with Gasteiger partial charge >= 0.3 is 0 Å². The van der Waals surface area contributed by atoms with Gasteiger partial charge in [0.2, 0.25) is 0 Å². The summed E-state index contributed by atoms with van der Waals surface area (Å²) in [5, 5.41) is 1.51. The molecule has 136 valence electrons. The zero-order chi connectivity index (χ0) is 18.4. The zero-order valence-corrected chi connectivity index (χ0v) is 17.0. The zero-order valence-electron chi connectivity index (χ0n) is 15.4. The van der Waals surface area contributed by atoms with Gasteiger partial charge in [-0.05, 0) is 36.3 Å². The Kier molecular flexibility index (Phi) is 4.67. The Bertz CT molecular complexity index is 1040. The highest BCUT2D eigenvalue weighted by Gasteiger charge is 2.28. The van der Waals surface area contributed by atoms with Crippen LogP contribution in [0.3, 0.4) is 0 Å². The monoisotopic (exact) mass is 386 g/mol. The van der Waals surface area contributed by atoms with Crippen LogP contribution in [0.5, 0.6) is 0 Å². The average molecular weight is 387 g/mol. The Morgan fingerprint density at radius 1 is 1.35 bits per heavy atom. The van der Waals surface area contributed by atoms with Crippen LogP contribution in [-0.2, 0) is 17.8 Å². The van der Waals surface area contributed by atoms with E-state index in [1.54, 1.807) is 15.9 Å². The Morgan fingerprint density at radius 2 is 2.12 bits per heavy atom. The molecule has 4 nitrogen and oxygen atoms in total. The third-order valence-electron chi connectivity index (χ3n) is 4.99. The van der Waals surface area contributed by atoms with Crippen molar-refractivity contribution in [2.45, 2.75) is 45.1 Å². The molecule has 3 aromatic rings. The summed E-state index contributed by atoms with van der Waals surface area (Å²) in [4.78, 5) is 20.4. The molecule has 0 saturated carbocycles. The van der Waals surface area contributed by atoms with E-state index >= 15 is 0 Å². The first kappa shape index (κ1) is 17.8. The predicted molar refractivity (Wildman–Crippen MR) is 109 cm³/mol. The van der Waals surface area contributed by atoms with E-state index in [0.717, 1.165) is 43.5 Å². The Hall–Kier alpha value is -1.63. The topological polar surface area (TPSA) is 44.1 Å². The van der Waals surface area contributed by atoms with Gasteiger partial charge in [-0.15, -0.1) is 11.3 Å². The maximum Gasteiger partial charge on any atom is 0.267 e. The number of hydrogen-bond donors (Lipinski definition) is 0. The standard InChI is InChI=1S/C20H22N2O2S2/c1-11(2)15-9-13-16(10-24-15)26-18-17(13)19(23)22(20(21-18)25-4)14-8-6-5-7-12(14)3/h5-8,11,15H,9-10H2,1-4H3/t15-/m0/s1. The van der Waals surface area contributed by atoms with Gasteiger partial charge in [0.1, 0.15) is 4.83 Å². The van der Waals surface area contributed by atoms with Gasteiger partial charge < -0.3 is 4.74 Å². The van der Waals surface area contributed by atoms with Crippen molar-refractivity contribution in [1.29, 1.82) is 0 Å². The molecule has 26 heavy (non-hydrogen) atoms. The summed E-state index contributed by atoms with van der Waals surface area (Å²) in [6.45, 7) is 6.94. The summed E-state index contributed by atoms with van der Waals surface area (Å²) < 4.78 is 7.77. The van der Waals surface area contributed by atoms with E-state index < -0.39 is 0 Å². The second kappa shape index (κ2) is 6.83. The highest BCUT2D eigenvalue weighted by Crippen LogP contribution is 2.36. The third kappa shape index (κ3) is 2.80. The average Bonchev–Trinajstić information content (AvgIpc) is 3.00. The lowest BCUT2D eigenvalue weighted by Crippen LogP contribution is -2.28. The molecule has 1 aliphatic rings. The van der Waals surface area contributed by atoms with Crippen LogP contribution in [0.1, 0.15) is 29.9 Å². The molecule has 1 aliphatic heterocycles. The van der Waals surface area contributed by atoms with E-state index in [2.05, 4.69) is 13.8 Å². The number of thioether (sulfide) groups is 1. The first-order valence-corrected chi connectivity index (χ1v) is 10.8. The summed E-state index contributed by atoms with van der Waals surface area (Å²) in [6, 6.07) is 7.98.